The van der Waals surface area contributed by atoms with Crippen LogP contribution in [-0.2, 0) is 28.9 Å². The zero-order valence-electron chi connectivity index (χ0n) is 11.0. The van der Waals surface area contributed by atoms with Crippen molar-refractivity contribution in [3.8, 4) is 0 Å². The molecule has 0 saturated heterocycles. The fourth-order valence-corrected chi connectivity index (χ4v) is 2.72. The van der Waals surface area contributed by atoms with Gasteiger partial charge in [-0.15, -0.1) is 0 Å². The maximum atomic E-state index is 11.9. The minimum atomic E-state index is -4.09. The van der Waals surface area contributed by atoms with Crippen LogP contribution in [0.1, 0.15) is 12.8 Å². The predicted octanol–water partition coefficient (Wildman–Crippen LogP) is -1.77. The Morgan fingerprint density at radius 2 is 1.95 bits per heavy atom. The second-order valence-electron chi connectivity index (χ2n) is 4.15. The average molecular weight is 305 g/mol. The lowest BCUT2D eigenvalue weighted by molar-refractivity contribution is -0.137. The van der Waals surface area contributed by atoms with E-state index in [2.05, 4.69) is 4.72 Å². The van der Waals surface area contributed by atoms with Crippen LogP contribution in [0.4, 0.5) is 0 Å². The molecule has 0 amide bonds. The molecule has 0 saturated carbocycles. The molecule has 2 N–H and O–H groups in total. The van der Waals surface area contributed by atoms with Gasteiger partial charge in [0.05, 0.1) is 0 Å². The lowest BCUT2D eigenvalue weighted by Gasteiger charge is -2.08. The number of carbonyl (C=O) groups is 1. The van der Waals surface area contributed by atoms with Crippen LogP contribution in [0, 0.1) is 0 Å². The summed E-state index contributed by atoms with van der Waals surface area (Å²) in [6.45, 7) is -0.110. The van der Waals surface area contributed by atoms with Crippen molar-refractivity contribution in [3.05, 3.63) is 27.0 Å². The Kier molecular flexibility index (Phi) is 4.84. The van der Waals surface area contributed by atoms with Gasteiger partial charge in [-0.3, -0.25) is 14.2 Å². The molecule has 0 radical (unpaired) electrons. The topological polar surface area (TPSA) is 127 Å². The van der Waals surface area contributed by atoms with Crippen LogP contribution in [0.25, 0.3) is 0 Å². The Morgan fingerprint density at radius 1 is 1.35 bits per heavy atom. The number of aryl methyl sites for hydroxylation is 1. The average Bonchev–Trinajstić information content (AvgIpc) is 2.36. The van der Waals surface area contributed by atoms with Crippen LogP contribution >= 0.6 is 0 Å². The van der Waals surface area contributed by atoms with Crippen molar-refractivity contribution >= 4 is 16.0 Å². The molecule has 0 aromatic carbocycles. The number of hydrogen-bond acceptors (Lipinski definition) is 5. The van der Waals surface area contributed by atoms with Crippen molar-refractivity contribution in [2.75, 3.05) is 6.54 Å². The van der Waals surface area contributed by atoms with Crippen LogP contribution < -0.4 is 16.0 Å². The third-order valence-electron chi connectivity index (χ3n) is 2.56. The van der Waals surface area contributed by atoms with E-state index in [4.69, 9.17) is 5.11 Å². The van der Waals surface area contributed by atoms with Gasteiger partial charge in [-0.05, 0) is 6.42 Å². The SMILES string of the molecule is Cn1cc(S(=O)(=O)NCCCC(=O)O)c(=O)n(C)c1=O. The molecule has 0 aliphatic heterocycles. The summed E-state index contributed by atoms with van der Waals surface area (Å²) in [5, 5.41) is 8.44. The number of hydrogen-bond donors (Lipinski definition) is 2. The summed E-state index contributed by atoms with van der Waals surface area (Å²) in [6.07, 6.45) is 0.846. The lowest BCUT2D eigenvalue weighted by atomic mass is 10.3. The number of nitrogens with one attached hydrogen (secondary N) is 1. The van der Waals surface area contributed by atoms with E-state index >= 15 is 0 Å². The van der Waals surface area contributed by atoms with Gasteiger partial charge in [0.15, 0.2) is 4.90 Å². The molecule has 112 valence electrons. The summed E-state index contributed by atoms with van der Waals surface area (Å²) in [5.74, 6) is -1.04. The molecular formula is C10H15N3O6S. The van der Waals surface area contributed by atoms with Gasteiger partial charge in [0.2, 0.25) is 10.0 Å². The van der Waals surface area contributed by atoms with Gasteiger partial charge in [-0.25, -0.2) is 17.9 Å². The molecule has 0 spiro atoms. The molecule has 0 fully saturated rings. The fraction of sp³-hybridized carbons (Fsp3) is 0.500. The first-order valence-corrected chi connectivity index (χ1v) is 7.13. The summed E-state index contributed by atoms with van der Waals surface area (Å²) in [7, 11) is -1.59. The summed E-state index contributed by atoms with van der Waals surface area (Å²) >= 11 is 0. The zero-order valence-corrected chi connectivity index (χ0v) is 11.8. The van der Waals surface area contributed by atoms with Gasteiger partial charge in [-0.1, -0.05) is 0 Å². The first-order valence-electron chi connectivity index (χ1n) is 5.65. The third-order valence-corrected chi connectivity index (χ3v) is 4.01. The van der Waals surface area contributed by atoms with E-state index in [9.17, 15) is 22.8 Å². The summed E-state index contributed by atoms with van der Waals surface area (Å²) < 4.78 is 27.6. The first-order chi connectivity index (χ1) is 9.16. The molecule has 0 aliphatic carbocycles. The Balaban J connectivity index is 3.03. The van der Waals surface area contributed by atoms with Crippen LogP contribution in [0.15, 0.2) is 20.7 Å². The summed E-state index contributed by atoms with van der Waals surface area (Å²) in [6, 6.07) is 0. The highest BCUT2D eigenvalue weighted by atomic mass is 32.2. The van der Waals surface area contributed by atoms with E-state index in [-0.39, 0.29) is 19.4 Å². The van der Waals surface area contributed by atoms with E-state index in [1.54, 1.807) is 0 Å². The van der Waals surface area contributed by atoms with Crippen molar-refractivity contribution in [2.45, 2.75) is 17.7 Å². The molecule has 1 rings (SSSR count). The second kappa shape index (κ2) is 6.01. The summed E-state index contributed by atoms with van der Waals surface area (Å²) in [4.78, 5) is 33.0. The predicted molar refractivity (Wildman–Crippen MR) is 69.0 cm³/mol. The minimum Gasteiger partial charge on any atom is -0.481 e. The number of aliphatic carboxylic acids is 1. The molecule has 9 nitrogen and oxygen atoms in total. The molecule has 0 unspecified atom stereocenters. The van der Waals surface area contributed by atoms with E-state index < -0.39 is 32.1 Å². The molecule has 20 heavy (non-hydrogen) atoms. The number of aromatic nitrogens is 2. The molecular weight excluding hydrogens is 290 g/mol. The van der Waals surface area contributed by atoms with Crippen LogP contribution in [0.3, 0.4) is 0 Å². The molecule has 1 aromatic rings. The quantitative estimate of drug-likeness (QED) is 0.599. The van der Waals surface area contributed by atoms with Gasteiger partial charge in [-0.2, -0.15) is 0 Å². The van der Waals surface area contributed by atoms with Gasteiger partial charge in [0, 0.05) is 33.3 Å². The highest BCUT2D eigenvalue weighted by Crippen LogP contribution is 2.00. The molecule has 0 aliphatic rings. The second-order valence-corrected chi connectivity index (χ2v) is 5.88. The maximum absolute atomic E-state index is 11.9. The number of carboxylic acids is 1. The lowest BCUT2D eigenvalue weighted by Crippen LogP contribution is -2.41. The molecule has 1 aromatic heterocycles. The summed E-state index contributed by atoms with van der Waals surface area (Å²) in [5.41, 5.74) is -1.57. The first kappa shape index (κ1) is 16.1. The number of nitrogens with zero attached hydrogens (tertiary/aromatic N) is 2. The highest BCUT2D eigenvalue weighted by molar-refractivity contribution is 7.89. The van der Waals surface area contributed by atoms with Gasteiger partial charge < -0.3 is 9.67 Å². The Labute approximate surface area is 114 Å². The fourth-order valence-electron chi connectivity index (χ4n) is 1.48. The van der Waals surface area contributed by atoms with Crippen molar-refractivity contribution in [1.29, 1.82) is 0 Å². The maximum Gasteiger partial charge on any atom is 0.330 e. The van der Waals surface area contributed by atoms with Gasteiger partial charge >= 0.3 is 11.7 Å². The highest BCUT2D eigenvalue weighted by Gasteiger charge is 2.20. The smallest absolute Gasteiger partial charge is 0.330 e. The Morgan fingerprint density at radius 3 is 2.50 bits per heavy atom. The van der Waals surface area contributed by atoms with Crippen LogP contribution in [0.5, 0.6) is 0 Å². The van der Waals surface area contributed by atoms with Crippen molar-refractivity contribution in [3.63, 3.8) is 0 Å². The zero-order chi connectivity index (χ0) is 15.5. The standard InChI is InChI=1S/C10H15N3O6S/c1-12-6-7(9(16)13(2)10(12)17)20(18,19)11-5-3-4-8(14)15/h6,11H,3-5H2,1-2H3,(H,14,15). The van der Waals surface area contributed by atoms with E-state index in [1.807, 2.05) is 0 Å². The normalized spacial score (nSPS) is 11.5. The Hall–Kier alpha value is -1.94. The molecule has 1 heterocycles. The van der Waals surface area contributed by atoms with E-state index in [0.29, 0.717) is 4.57 Å². The minimum absolute atomic E-state index is 0.0979. The van der Waals surface area contributed by atoms with Crippen LogP contribution in [0.2, 0.25) is 0 Å². The van der Waals surface area contributed by atoms with Gasteiger partial charge in [0.25, 0.3) is 5.56 Å². The number of sulfonamides is 1. The van der Waals surface area contributed by atoms with Crippen molar-refractivity contribution < 1.29 is 18.3 Å². The van der Waals surface area contributed by atoms with Gasteiger partial charge in [0.1, 0.15) is 0 Å². The Bertz CT molecular complexity index is 730. The third kappa shape index (κ3) is 3.54. The largest absolute Gasteiger partial charge is 0.481 e. The van der Waals surface area contributed by atoms with E-state index in [1.165, 1.54) is 14.1 Å². The van der Waals surface area contributed by atoms with Crippen molar-refractivity contribution in [1.82, 2.24) is 13.9 Å². The monoisotopic (exact) mass is 305 g/mol. The van der Waals surface area contributed by atoms with E-state index in [0.717, 1.165) is 10.8 Å². The molecule has 0 atom stereocenters. The molecule has 10 heteroatoms. The van der Waals surface area contributed by atoms with Crippen molar-refractivity contribution in [2.24, 2.45) is 14.1 Å². The number of rotatable bonds is 6. The van der Waals surface area contributed by atoms with Crippen LogP contribution in [-0.4, -0.2) is 35.2 Å². The number of carboxylic acid groups (broad SMARTS) is 1. The molecule has 0 bridgehead atoms.